The van der Waals surface area contributed by atoms with Crippen LogP contribution in [0.4, 0.5) is 0 Å². The molecule has 0 bridgehead atoms. The summed E-state index contributed by atoms with van der Waals surface area (Å²) < 4.78 is 28.4. The zero-order valence-corrected chi connectivity index (χ0v) is 11.5. The summed E-state index contributed by atoms with van der Waals surface area (Å²) in [7, 11) is -3.73. The molecule has 2 aliphatic rings. The topological polar surface area (TPSA) is 109 Å². The minimum atomic E-state index is -3.73. The van der Waals surface area contributed by atoms with Gasteiger partial charge in [-0.15, -0.1) is 0 Å². The Bertz CT molecular complexity index is 641. The van der Waals surface area contributed by atoms with Gasteiger partial charge in [0.25, 0.3) is 0 Å². The van der Waals surface area contributed by atoms with Gasteiger partial charge in [-0.2, -0.15) is 0 Å². The summed E-state index contributed by atoms with van der Waals surface area (Å²) in [5, 5.41) is 18.3. The first-order valence-corrected chi connectivity index (χ1v) is 8.00. The van der Waals surface area contributed by atoms with E-state index in [-0.39, 0.29) is 22.7 Å². The minimum absolute atomic E-state index is 0.00141. The van der Waals surface area contributed by atoms with Gasteiger partial charge in [-0.3, -0.25) is 0 Å². The molecular weight excluding hydrogens is 284 g/mol. The van der Waals surface area contributed by atoms with Crippen LogP contribution in [0, 0.1) is 0 Å². The molecule has 3 N–H and O–H groups in total. The Hall–Kier alpha value is -1.38. The smallest absolute Gasteiger partial charge is 0.352 e. The first-order chi connectivity index (χ1) is 9.37. The highest BCUT2D eigenvalue weighted by Crippen LogP contribution is 2.37. The average molecular weight is 300 g/mol. The number of aromatic carboxylic acids is 1. The normalized spacial score (nSPS) is 26.2. The van der Waals surface area contributed by atoms with Crippen molar-refractivity contribution < 1.29 is 23.4 Å². The van der Waals surface area contributed by atoms with Crippen molar-refractivity contribution in [2.75, 3.05) is 0 Å². The monoisotopic (exact) mass is 300 g/mol. The minimum Gasteiger partial charge on any atom is -0.477 e. The van der Waals surface area contributed by atoms with E-state index < -0.39 is 22.1 Å². The summed E-state index contributed by atoms with van der Waals surface area (Å²) in [4.78, 5) is 11.1. The molecule has 2 saturated carbocycles. The van der Waals surface area contributed by atoms with Gasteiger partial charge in [-0.25, -0.2) is 17.9 Å². The quantitative estimate of drug-likeness (QED) is 0.726. The summed E-state index contributed by atoms with van der Waals surface area (Å²) in [5.41, 5.74) is 0.00141. The number of carboxylic acids is 1. The predicted octanol–water partition coefficient (Wildman–Crippen LogP) is 0.323. The first-order valence-electron chi connectivity index (χ1n) is 6.52. The summed E-state index contributed by atoms with van der Waals surface area (Å²) >= 11 is 0. The Morgan fingerprint density at radius 2 is 2.00 bits per heavy atom. The lowest BCUT2D eigenvalue weighted by molar-refractivity contribution is 0.0683. The molecule has 0 aliphatic heterocycles. The molecular formula is C12H16N2O5S. The molecule has 8 heteroatoms. The van der Waals surface area contributed by atoms with Crippen LogP contribution in [0.5, 0.6) is 0 Å². The highest BCUT2D eigenvalue weighted by atomic mass is 32.2. The predicted molar refractivity (Wildman–Crippen MR) is 69.0 cm³/mol. The van der Waals surface area contributed by atoms with Crippen molar-refractivity contribution in [1.82, 2.24) is 9.29 Å². The lowest BCUT2D eigenvalue weighted by Gasteiger charge is -2.31. The number of nitrogens with one attached hydrogen (secondary N) is 1. The lowest BCUT2D eigenvalue weighted by Crippen LogP contribution is -2.46. The number of nitrogens with zero attached hydrogens (tertiary/aromatic N) is 1. The van der Waals surface area contributed by atoms with E-state index in [2.05, 4.69) is 4.72 Å². The van der Waals surface area contributed by atoms with Gasteiger partial charge in [0, 0.05) is 18.3 Å². The molecule has 0 radical (unpaired) electrons. The van der Waals surface area contributed by atoms with Crippen molar-refractivity contribution in [1.29, 1.82) is 0 Å². The number of hydrogen-bond acceptors (Lipinski definition) is 4. The number of rotatable bonds is 5. The number of hydrogen-bond donors (Lipinski definition) is 3. The van der Waals surface area contributed by atoms with Crippen molar-refractivity contribution in [2.24, 2.45) is 0 Å². The average Bonchev–Trinajstić information content (AvgIpc) is 3.04. The SMILES string of the molecule is O=C(O)c1cc(S(=O)(=O)NC2CC(O)C2)cn1C1CC1. The van der Waals surface area contributed by atoms with Gasteiger partial charge in [-0.05, 0) is 31.7 Å². The maximum absolute atomic E-state index is 12.2. The van der Waals surface area contributed by atoms with Crippen LogP contribution in [-0.4, -0.2) is 41.3 Å². The van der Waals surface area contributed by atoms with Crippen LogP contribution in [0.2, 0.25) is 0 Å². The van der Waals surface area contributed by atoms with E-state index in [1.807, 2.05) is 0 Å². The molecule has 0 unspecified atom stereocenters. The zero-order chi connectivity index (χ0) is 14.5. The maximum atomic E-state index is 12.2. The molecule has 1 aromatic rings. The third-order valence-corrected chi connectivity index (χ3v) is 5.22. The molecule has 0 spiro atoms. The standard InChI is InChI=1S/C12H16N2O5S/c15-9-3-7(4-9)13-20(18,19)10-5-11(12(16)17)14(6-10)8-1-2-8/h5-9,13,15H,1-4H2,(H,16,17). The Labute approximate surface area is 116 Å². The second-order valence-corrected chi connectivity index (χ2v) is 7.16. The van der Waals surface area contributed by atoms with Gasteiger partial charge in [-0.1, -0.05) is 0 Å². The molecule has 7 nitrogen and oxygen atoms in total. The Kier molecular flexibility index (Phi) is 3.11. The molecule has 0 amide bonds. The second-order valence-electron chi connectivity index (χ2n) is 5.45. The molecule has 2 aliphatic carbocycles. The third-order valence-electron chi connectivity index (χ3n) is 3.73. The summed E-state index contributed by atoms with van der Waals surface area (Å²) in [6.45, 7) is 0. The number of carbonyl (C=O) groups is 1. The van der Waals surface area contributed by atoms with E-state index in [0.29, 0.717) is 12.8 Å². The molecule has 110 valence electrons. The van der Waals surface area contributed by atoms with Crippen LogP contribution in [0.25, 0.3) is 0 Å². The van der Waals surface area contributed by atoms with Gasteiger partial charge < -0.3 is 14.8 Å². The largest absolute Gasteiger partial charge is 0.477 e. The van der Waals surface area contributed by atoms with Gasteiger partial charge in [0.05, 0.1) is 6.10 Å². The van der Waals surface area contributed by atoms with E-state index in [0.717, 1.165) is 12.8 Å². The van der Waals surface area contributed by atoms with E-state index in [4.69, 9.17) is 5.11 Å². The van der Waals surface area contributed by atoms with Crippen molar-refractivity contribution in [3.63, 3.8) is 0 Å². The van der Waals surface area contributed by atoms with E-state index in [1.165, 1.54) is 16.8 Å². The molecule has 1 heterocycles. The fraction of sp³-hybridized carbons (Fsp3) is 0.583. The summed E-state index contributed by atoms with van der Waals surface area (Å²) in [5.74, 6) is -1.13. The van der Waals surface area contributed by atoms with Crippen LogP contribution < -0.4 is 4.72 Å². The van der Waals surface area contributed by atoms with Crippen molar-refractivity contribution in [3.05, 3.63) is 18.0 Å². The fourth-order valence-corrected chi connectivity index (χ4v) is 3.69. The van der Waals surface area contributed by atoms with E-state index in [9.17, 15) is 18.3 Å². The van der Waals surface area contributed by atoms with Crippen molar-refractivity contribution in [2.45, 2.75) is 48.8 Å². The Balaban J connectivity index is 1.85. The van der Waals surface area contributed by atoms with Crippen LogP contribution in [0.3, 0.4) is 0 Å². The summed E-state index contributed by atoms with van der Waals surface area (Å²) in [6.07, 6.45) is 3.47. The van der Waals surface area contributed by atoms with Gasteiger partial charge in [0.15, 0.2) is 0 Å². The molecule has 2 fully saturated rings. The molecule has 20 heavy (non-hydrogen) atoms. The molecule has 0 saturated heterocycles. The van der Waals surface area contributed by atoms with Gasteiger partial charge in [0.2, 0.25) is 10.0 Å². The first kappa shape index (κ1) is 13.6. The van der Waals surface area contributed by atoms with Crippen molar-refractivity contribution >= 4 is 16.0 Å². The molecule has 3 rings (SSSR count). The number of aliphatic hydroxyl groups is 1. The molecule has 1 aromatic heterocycles. The molecule has 0 aromatic carbocycles. The van der Waals surface area contributed by atoms with E-state index in [1.54, 1.807) is 0 Å². The fourth-order valence-electron chi connectivity index (χ4n) is 2.40. The van der Waals surface area contributed by atoms with Gasteiger partial charge in [0.1, 0.15) is 10.6 Å². The highest BCUT2D eigenvalue weighted by Gasteiger charge is 2.34. The van der Waals surface area contributed by atoms with Crippen LogP contribution in [0.15, 0.2) is 17.2 Å². The zero-order valence-electron chi connectivity index (χ0n) is 10.7. The van der Waals surface area contributed by atoms with Crippen molar-refractivity contribution in [3.8, 4) is 0 Å². The van der Waals surface area contributed by atoms with Gasteiger partial charge >= 0.3 is 5.97 Å². The number of carboxylic acid groups (broad SMARTS) is 1. The lowest BCUT2D eigenvalue weighted by atomic mass is 9.91. The highest BCUT2D eigenvalue weighted by molar-refractivity contribution is 7.89. The van der Waals surface area contributed by atoms with Crippen LogP contribution in [-0.2, 0) is 10.0 Å². The maximum Gasteiger partial charge on any atom is 0.352 e. The second kappa shape index (κ2) is 4.57. The summed E-state index contributed by atoms with van der Waals surface area (Å²) in [6, 6.07) is 1.01. The number of sulfonamides is 1. The van der Waals surface area contributed by atoms with Crippen LogP contribution >= 0.6 is 0 Å². The Morgan fingerprint density at radius 1 is 1.35 bits per heavy atom. The third kappa shape index (κ3) is 2.46. The van der Waals surface area contributed by atoms with E-state index >= 15 is 0 Å². The number of aromatic nitrogens is 1. The molecule has 0 atom stereocenters. The Morgan fingerprint density at radius 3 is 2.50 bits per heavy atom. The van der Waals surface area contributed by atoms with Crippen LogP contribution in [0.1, 0.15) is 42.2 Å². The number of aliphatic hydroxyl groups excluding tert-OH is 1.